The van der Waals surface area contributed by atoms with Crippen LogP contribution in [0.4, 0.5) is 4.39 Å². The summed E-state index contributed by atoms with van der Waals surface area (Å²) in [5.41, 5.74) is 2.18. The molecule has 1 aliphatic heterocycles. The molecule has 0 N–H and O–H groups in total. The Morgan fingerprint density at radius 1 is 1.08 bits per heavy atom. The zero-order valence-corrected chi connectivity index (χ0v) is 21.9. The number of rotatable bonds is 10. The van der Waals surface area contributed by atoms with E-state index in [2.05, 4.69) is 0 Å². The van der Waals surface area contributed by atoms with Gasteiger partial charge < -0.3 is 23.7 Å². The Labute approximate surface area is 221 Å². The Morgan fingerprint density at radius 3 is 2.53 bits per heavy atom. The van der Waals surface area contributed by atoms with E-state index in [4.69, 9.17) is 19.3 Å². The summed E-state index contributed by atoms with van der Waals surface area (Å²) in [5.74, 6) is -0.496. The van der Waals surface area contributed by atoms with Gasteiger partial charge in [-0.2, -0.15) is 5.10 Å². The van der Waals surface area contributed by atoms with E-state index in [1.54, 1.807) is 32.4 Å². The van der Waals surface area contributed by atoms with Gasteiger partial charge in [0.15, 0.2) is 0 Å². The molecule has 2 heterocycles. The van der Waals surface area contributed by atoms with Crippen molar-refractivity contribution in [3.63, 3.8) is 0 Å². The van der Waals surface area contributed by atoms with Crippen LogP contribution in [-0.4, -0.2) is 73.0 Å². The number of amides is 2. The van der Waals surface area contributed by atoms with Crippen molar-refractivity contribution in [2.45, 2.75) is 12.5 Å². The van der Waals surface area contributed by atoms with Crippen molar-refractivity contribution in [2.24, 2.45) is 12.1 Å². The standard InChI is InChI=1S/C28H31FN4O5/c1-31-13-7-10-24(31)23-17-25(21-16-19(37-3)11-12-26(21)38-4)33(30-23)27(34)18-32(14-15-36-2)28(35)20-8-5-6-9-22(20)29/h5-13,16,25H,14-15,17-18H2,1-4H3/t25-/m1/s1. The number of hydrazone groups is 1. The second kappa shape index (κ2) is 11.9. The summed E-state index contributed by atoms with van der Waals surface area (Å²) in [5, 5.41) is 6.09. The monoisotopic (exact) mass is 522 g/mol. The van der Waals surface area contributed by atoms with E-state index >= 15 is 0 Å². The van der Waals surface area contributed by atoms with E-state index < -0.39 is 23.7 Å². The number of benzene rings is 2. The highest BCUT2D eigenvalue weighted by atomic mass is 19.1. The van der Waals surface area contributed by atoms with E-state index in [0.717, 1.165) is 11.3 Å². The van der Waals surface area contributed by atoms with Gasteiger partial charge in [-0.3, -0.25) is 9.59 Å². The summed E-state index contributed by atoms with van der Waals surface area (Å²) in [4.78, 5) is 28.3. The lowest BCUT2D eigenvalue weighted by atomic mass is 9.99. The van der Waals surface area contributed by atoms with Crippen molar-refractivity contribution < 1.29 is 28.2 Å². The highest BCUT2D eigenvalue weighted by Gasteiger charge is 2.37. The van der Waals surface area contributed by atoms with Crippen LogP contribution in [0, 0.1) is 5.82 Å². The molecule has 2 aromatic carbocycles. The Hall–Kier alpha value is -4.18. The van der Waals surface area contributed by atoms with Crippen molar-refractivity contribution >= 4 is 17.5 Å². The predicted molar refractivity (Wildman–Crippen MR) is 140 cm³/mol. The fraction of sp³-hybridized carbons (Fsp3) is 0.321. The van der Waals surface area contributed by atoms with Crippen LogP contribution in [0.1, 0.15) is 34.1 Å². The van der Waals surface area contributed by atoms with Gasteiger partial charge in [0.1, 0.15) is 23.9 Å². The molecule has 38 heavy (non-hydrogen) atoms. The molecule has 0 saturated carbocycles. The summed E-state index contributed by atoms with van der Waals surface area (Å²) < 4.78 is 32.5. The van der Waals surface area contributed by atoms with Crippen molar-refractivity contribution in [3.05, 3.63) is 83.4 Å². The lowest BCUT2D eigenvalue weighted by Gasteiger charge is -2.28. The maximum absolute atomic E-state index is 14.4. The van der Waals surface area contributed by atoms with Gasteiger partial charge in [-0.05, 0) is 42.5 Å². The number of halogens is 1. The number of carbonyl (C=O) groups excluding carboxylic acids is 2. The minimum absolute atomic E-state index is 0.102. The number of aromatic nitrogens is 1. The number of nitrogens with zero attached hydrogens (tertiary/aromatic N) is 4. The van der Waals surface area contributed by atoms with Gasteiger partial charge in [0.05, 0.1) is 43.8 Å². The van der Waals surface area contributed by atoms with Gasteiger partial charge in [0.2, 0.25) is 0 Å². The number of ether oxygens (including phenoxy) is 3. The lowest BCUT2D eigenvalue weighted by Crippen LogP contribution is -2.43. The molecule has 2 amide bonds. The fourth-order valence-corrected chi connectivity index (χ4v) is 4.49. The molecule has 0 aliphatic carbocycles. The first kappa shape index (κ1) is 26.9. The molecule has 3 aromatic rings. The van der Waals surface area contributed by atoms with E-state index in [0.29, 0.717) is 23.6 Å². The van der Waals surface area contributed by atoms with E-state index in [-0.39, 0.29) is 25.3 Å². The van der Waals surface area contributed by atoms with Crippen molar-refractivity contribution in [1.82, 2.24) is 14.5 Å². The number of methoxy groups -OCH3 is 3. The smallest absolute Gasteiger partial charge is 0.262 e. The third-order valence-corrected chi connectivity index (χ3v) is 6.48. The Kier molecular flexibility index (Phi) is 8.42. The zero-order valence-electron chi connectivity index (χ0n) is 21.9. The molecule has 0 spiro atoms. The fourth-order valence-electron chi connectivity index (χ4n) is 4.49. The van der Waals surface area contributed by atoms with Crippen LogP contribution < -0.4 is 9.47 Å². The van der Waals surface area contributed by atoms with Gasteiger partial charge in [0.25, 0.3) is 11.8 Å². The van der Waals surface area contributed by atoms with Gasteiger partial charge in [0, 0.05) is 38.9 Å². The first-order valence-electron chi connectivity index (χ1n) is 12.1. The molecule has 0 unspecified atom stereocenters. The topological polar surface area (TPSA) is 85.6 Å². The van der Waals surface area contributed by atoms with Crippen LogP contribution in [-0.2, 0) is 16.6 Å². The molecule has 9 nitrogen and oxygen atoms in total. The van der Waals surface area contributed by atoms with Crippen molar-refractivity contribution in [3.8, 4) is 11.5 Å². The molecule has 0 saturated heterocycles. The van der Waals surface area contributed by atoms with Crippen LogP contribution >= 0.6 is 0 Å². The first-order chi connectivity index (χ1) is 18.4. The van der Waals surface area contributed by atoms with Gasteiger partial charge in [-0.25, -0.2) is 9.40 Å². The summed E-state index contributed by atoms with van der Waals surface area (Å²) >= 11 is 0. The van der Waals surface area contributed by atoms with Crippen molar-refractivity contribution in [2.75, 3.05) is 41.0 Å². The number of carbonyl (C=O) groups is 2. The highest BCUT2D eigenvalue weighted by Crippen LogP contribution is 2.39. The molecular formula is C28H31FN4O5. The SMILES string of the molecule is COCCN(CC(=O)N1N=C(c2cccn2C)C[C@@H]1c1cc(OC)ccc1OC)C(=O)c1ccccc1F. The van der Waals surface area contributed by atoms with Crippen LogP contribution in [0.3, 0.4) is 0 Å². The van der Waals surface area contributed by atoms with Crippen LogP contribution in [0.5, 0.6) is 11.5 Å². The summed E-state index contributed by atoms with van der Waals surface area (Å²) in [7, 11) is 6.53. The third-order valence-electron chi connectivity index (χ3n) is 6.48. The normalized spacial score (nSPS) is 14.8. The molecule has 0 bridgehead atoms. The van der Waals surface area contributed by atoms with Crippen LogP contribution in [0.2, 0.25) is 0 Å². The quantitative estimate of drug-likeness (QED) is 0.406. The molecule has 4 rings (SSSR count). The van der Waals surface area contributed by atoms with Crippen LogP contribution in [0.25, 0.3) is 0 Å². The van der Waals surface area contributed by atoms with Crippen molar-refractivity contribution in [1.29, 1.82) is 0 Å². The highest BCUT2D eigenvalue weighted by molar-refractivity contribution is 6.03. The molecule has 0 radical (unpaired) electrons. The van der Waals surface area contributed by atoms with Gasteiger partial charge in [-0.1, -0.05) is 12.1 Å². The second-order valence-electron chi connectivity index (χ2n) is 8.82. The molecule has 1 aliphatic rings. The van der Waals surface area contributed by atoms with E-state index in [1.807, 2.05) is 36.0 Å². The maximum atomic E-state index is 14.4. The third kappa shape index (κ3) is 5.55. The maximum Gasteiger partial charge on any atom is 0.262 e. The average Bonchev–Trinajstić information content (AvgIpc) is 3.56. The Balaban J connectivity index is 1.70. The Morgan fingerprint density at radius 2 is 1.87 bits per heavy atom. The molecule has 10 heteroatoms. The van der Waals surface area contributed by atoms with Gasteiger partial charge >= 0.3 is 0 Å². The molecular weight excluding hydrogens is 491 g/mol. The summed E-state index contributed by atoms with van der Waals surface area (Å²) in [6.45, 7) is -0.0352. The number of hydrogen-bond donors (Lipinski definition) is 0. The summed E-state index contributed by atoms with van der Waals surface area (Å²) in [6.07, 6.45) is 2.33. The molecule has 200 valence electrons. The molecule has 0 fully saturated rings. The zero-order chi connectivity index (χ0) is 27.2. The van der Waals surface area contributed by atoms with Gasteiger partial charge in [-0.15, -0.1) is 0 Å². The second-order valence-corrected chi connectivity index (χ2v) is 8.82. The minimum Gasteiger partial charge on any atom is -0.497 e. The Bertz CT molecular complexity index is 1340. The molecule has 1 aromatic heterocycles. The van der Waals surface area contributed by atoms with E-state index in [1.165, 1.54) is 35.2 Å². The lowest BCUT2D eigenvalue weighted by molar-refractivity contribution is -0.133. The van der Waals surface area contributed by atoms with E-state index in [9.17, 15) is 14.0 Å². The number of hydrogen-bond acceptors (Lipinski definition) is 6. The first-order valence-corrected chi connectivity index (χ1v) is 12.1. The predicted octanol–water partition coefficient (Wildman–Crippen LogP) is 3.65. The molecule has 1 atom stereocenters. The van der Waals surface area contributed by atoms with Crippen LogP contribution in [0.15, 0.2) is 65.9 Å². The summed E-state index contributed by atoms with van der Waals surface area (Å²) in [6, 6.07) is 14.4. The number of aryl methyl sites for hydroxylation is 1. The minimum atomic E-state index is -0.656. The largest absolute Gasteiger partial charge is 0.497 e. The average molecular weight is 523 g/mol.